The van der Waals surface area contributed by atoms with Crippen molar-refractivity contribution < 1.29 is 4.74 Å². The molecule has 9 heteroatoms. The van der Waals surface area contributed by atoms with E-state index in [1.54, 1.807) is 23.9 Å². The fraction of sp³-hybridized carbons (Fsp3) is 0.227. The maximum Gasteiger partial charge on any atom is 0.225 e. The van der Waals surface area contributed by atoms with Crippen LogP contribution in [0.3, 0.4) is 0 Å². The van der Waals surface area contributed by atoms with Crippen molar-refractivity contribution in [1.29, 1.82) is 0 Å². The standard InChI is InChI=1S/C22H24ClN7O/c1-29(2)13-12-25-22-26-19(16-6-4-5-7-17(16)31-3)18-20(24)30(28-21(18)27-22)15-10-8-14(23)9-11-15/h4-11H,12-13,24H2,1-3H3,(H,25,27,28). The van der Waals surface area contributed by atoms with Gasteiger partial charge in [0.05, 0.1) is 23.9 Å². The molecule has 160 valence electrons. The van der Waals surface area contributed by atoms with E-state index < -0.39 is 0 Å². The number of nitrogens with two attached hydrogens (primary N) is 1. The quantitative estimate of drug-likeness (QED) is 0.455. The Balaban J connectivity index is 1.90. The Labute approximate surface area is 185 Å². The van der Waals surface area contributed by atoms with Crippen molar-refractivity contribution in [3.8, 4) is 22.7 Å². The van der Waals surface area contributed by atoms with Gasteiger partial charge in [0.25, 0.3) is 0 Å². The number of fused-ring (bicyclic) bond motifs is 1. The largest absolute Gasteiger partial charge is 0.496 e. The number of nitrogens with one attached hydrogen (secondary N) is 1. The Morgan fingerprint density at radius 1 is 1.10 bits per heavy atom. The summed E-state index contributed by atoms with van der Waals surface area (Å²) >= 11 is 6.04. The van der Waals surface area contributed by atoms with Gasteiger partial charge < -0.3 is 20.7 Å². The number of methoxy groups -OCH3 is 1. The molecule has 31 heavy (non-hydrogen) atoms. The molecule has 0 aliphatic carbocycles. The monoisotopic (exact) mass is 437 g/mol. The number of benzene rings is 2. The number of anilines is 2. The van der Waals surface area contributed by atoms with Crippen LogP contribution in [0.5, 0.6) is 5.75 Å². The van der Waals surface area contributed by atoms with Gasteiger partial charge >= 0.3 is 0 Å². The fourth-order valence-electron chi connectivity index (χ4n) is 3.30. The number of hydrogen-bond acceptors (Lipinski definition) is 7. The van der Waals surface area contributed by atoms with Gasteiger partial charge in [0.1, 0.15) is 11.6 Å². The number of ether oxygens (including phenoxy) is 1. The van der Waals surface area contributed by atoms with Gasteiger partial charge in [0.15, 0.2) is 5.65 Å². The van der Waals surface area contributed by atoms with Crippen LogP contribution in [0.1, 0.15) is 0 Å². The Morgan fingerprint density at radius 2 is 1.84 bits per heavy atom. The number of hydrogen-bond donors (Lipinski definition) is 2. The van der Waals surface area contributed by atoms with Gasteiger partial charge in [-0.25, -0.2) is 9.67 Å². The van der Waals surface area contributed by atoms with Gasteiger partial charge in [-0.15, -0.1) is 5.10 Å². The molecular weight excluding hydrogens is 414 g/mol. The lowest BCUT2D eigenvalue weighted by atomic mass is 10.1. The molecule has 0 saturated carbocycles. The molecule has 0 bridgehead atoms. The van der Waals surface area contributed by atoms with Crippen LogP contribution in [-0.4, -0.2) is 58.9 Å². The third-order valence-corrected chi connectivity index (χ3v) is 5.10. The maximum absolute atomic E-state index is 6.55. The minimum atomic E-state index is 0.443. The Morgan fingerprint density at radius 3 is 2.55 bits per heavy atom. The van der Waals surface area contributed by atoms with Crippen molar-refractivity contribution in [2.75, 3.05) is 45.3 Å². The van der Waals surface area contributed by atoms with Crippen LogP contribution in [0.4, 0.5) is 11.8 Å². The molecule has 2 aromatic carbocycles. The summed E-state index contributed by atoms with van der Waals surface area (Å²) in [4.78, 5) is 11.5. The lowest BCUT2D eigenvalue weighted by molar-refractivity contribution is 0.416. The second-order valence-electron chi connectivity index (χ2n) is 7.30. The zero-order valence-corrected chi connectivity index (χ0v) is 18.4. The molecule has 4 aromatic rings. The van der Waals surface area contributed by atoms with E-state index in [0.29, 0.717) is 45.8 Å². The van der Waals surface area contributed by atoms with Crippen LogP contribution >= 0.6 is 11.6 Å². The molecule has 0 amide bonds. The van der Waals surface area contributed by atoms with Gasteiger partial charge in [0.2, 0.25) is 5.95 Å². The summed E-state index contributed by atoms with van der Waals surface area (Å²) in [5, 5.41) is 9.25. The van der Waals surface area contributed by atoms with Crippen LogP contribution < -0.4 is 15.8 Å². The molecule has 0 unspecified atom stereocenters. The predicted octanol–water partition coefficient (Wildman–Crippen LogP) is 3.70. The van der Waals surface area contributed by atoms with Gasteiger partial charge in [-0.1, -0.05) is 23.7 Å². The molecule has 0 fully saturated rings. The van der Waals surface area contributed by atoms with Crippen molar-refractivity contribution in [2.45, 2.75) is 0 Å². The van der Waals surface area contributed by atoms with Crippen LogP contribution in [0.2, 0.25) is 5.02 Å². The van der Waals surface area contributed by atoms with Crippen molar-refractivity contribution >= 4 is 34.4 Å². The number of aromatic nitrogens is 4. The van der Waals surface area contributed by atoms with Gasteiger partial charge in [-0.2, -0.15) is 4.98 Å². The Bertz CT molecular complexity index is 1200. The van der Waals surface area contributed by atoms with Crippen molar-refractivity contribution in [3.63, 3.8) is 0 Å². The van der Waals surface area contributed by atoms with Crippen LogP contribution in [0.25, 0.3) is 28.0 Å². The van der Waals surface area contributed by atoms with Gasteiger partial charge in [-0.05, 0) is 50.5 Å². The molecule has 8 nitrogen and oxygen atoms in total. The molecule has 0 atom stereocenters. The summed E-state index contributed by atoms with van der Waals surface area (Å²) in [5.41, 5.74) is 9.30. The normalized spacial score (nSPS) is 11.3. The summed E-state index contributed by atoms with van der Waals surface area (Å²) in [7, 11) is 5.66. The van der Waals surface area contributed by atoms with E-state index in [-0.39, 0.29) is 0 Å². The highest BCUT2D eigenvalue weighted by Crippen LogP contribution is 2.37. The van der Waals surface area contributed by atoms with Gasteiger partial charge in [-0.3, -0.25) is 0 Å². The number of nitrogens with zero attached hydrogens (tertiary/aromatic N) is 5. The average Bonchev–Trinajstić information content (AvgIpc) is 3.10. The van der Waals surface area contributed by atoms with E-state index in [4.69, 9.17) is 27.1 Å². The van der Waals surface area contributed by atoms with E-state index >= 15 is 0 Å². The first kappa shape index (κ1) is 20.9. The van der Waals surface area contributed by atoms with Crippen molar-refractivity contribution in [3.05, 3.63) is 53.6 Å². The summed E-state index contributed by atoms with van der Waals surface area (Å²) in [6.45, 7) is 1.53. The average molecular weight is 438 g/mol. The van der Waals surface area contributed by atoms with E-state index in [2.05, 4.69) is 20.3 Å². The molecule has 0 spiro atoms. The molecular formula is C22H24ClN7O. The van der Waals surface area contributed by atoms with Gasteiger partial charge in [0, 0.05) is 23.7 Å². The van der Waals surface area contributed by atoms with Crippen molar-refractivity contribution in [2.24, 2.45) is 0 Å². The second-order valence-corrected chi connectivity index (χ2v) is 7.73. The Hall–Kier alpha value is -3.36. The highest BCUT2D eigenvalue weighted by Gasteiger charge is 2.21. The maximum atomic E-state index is 6.55. The smallest absolute Gasteiger partial charge is 0.225 e. The fourth-order valence-corrected chi connectivity index (χ4v) is 3.42. The zero-order chi connectivity index (χ0) is 22.0. The van der Waals surface area contributed by atoms with E-state index in [1.807, 2.05) is 50.5 Å². The summed E-state index contributed by atoms with van der Waals surface area (Å²) in [6, 6.07) is 15.0. The number of nitrogen functional groups attached to an aromatic ring is 1. The molecule has 0 saturated heterocycles. The van der Waals surface area contributed by atoms with Crippen molar-refractivity contribution in [1.82, 2.24) is 24.6 Å². The minimum absolute atomic E-state index is 0.443. The first-order valence-electron chi connectivity index (χ1n) is 9.82. The molecule has 0 aliphatic heterocycles. The van der Waals surface area contributed by atoms with E-state index in [0.717, 1.165) is 17.8 Å². The van der Waals surface area contributed by atoms with E-state index in [1.165, 1.54) is 0 Å². The Kier molecular flexibility index (Phi) is 5.92. The van der Waals surface area contributed by atoms with Crippen LogP contribution in [0, 0.1) is 0 Å². The van der Waals surface area contributed by atoms with E-state index in [9.17, 15) is 0 Å². The minimum Gasteiger partial charge on any atom is -0.496 e. The number of halogens is 1. The number of rotatable bonds is 7. The highest BCUT2D eigenvalue weighted by atomic mass is 35.5. The molecule has 0 aliphatic rings. The third-order valence-electron chi connectivity index (χ3n) is 4.84. The zero-order valence-electron chi connectivity index (χ0n) is 17.6. The first-order valence-corrected chi connectivity index (χ1v) is 10.2. The highest BCUT2D eigenvalue weighted by molar-refractivity contribution is 6.30. The third kappa shape index (κ3) is 4.26. The number of para-hydroxylation sites is 1. The summed E-state index contributed by atoms with van der Waals surface area (Å²) < 4.78 is 7.23. The van der Waals surface area contributed by atoms with Crippen LogP contribution in [-0.2, 0) is 0 Å². The molecule has 2 aromatic heterocycles. The summed E-state index contributed by atoms with van der Waals surface area (Å²) in [6.07, 6.45) is 0. The first-order chi connectivity index (χ1) is 15.0. The second kappa shape index (κ2) is 8.79. The summed E-state index contributed by atoms with van der Waals surface area (Å²) in [5.74, 6) is 1.62. The molecule has 2 heterocycles. The van der Waals surface area contributed by atoms with Crippen LogP contribution in [0.15, 0.2) is 48.5 Å². The topological polar surface area (TPSA) is 94.1 Å². The SMILES string of the molecule is COc1ccccc1-c1nc(NCCN(C)C)nc2nn(-c3ccc(Cl)cc3)c(N)c12. The molecule has 0 radical (unpaired) electrons. The predicted molar refractivity (Wildman–Crippen MR) is 125 cm³/mol. The lowest BCUT2D eigenvalue weighted by Crippen LogP contribution is -2.21. The molecule has 4 rings (SSSR count). The number of likely N-dealkylation sites (N-methyl/N-ethyl adjacent to an activating group) is 1. The lowest BCUT2D eigenvalue weighted by Gasteiger charge is -2.13. The molecule has 3 N–H and O–H groups in total.